The standard InChI is InChI=1S/C17H22BrN3O2/c1-17(2,3)23-16(22)20-8-5-12(6-9-20)21-11-14(18)13-10-19-7-4-15(13)21/h4,7,10-12H,5-6,8-9H2,1-3H3. The van der Waals surface area contributed by atoms with Crippen molar-refractivity contribution in [3.63, 3.8) is 0 Å². The molecular formula is C17H22BrN3O2. The summed E-state index contributed by atoms with van der Waals surface area (Å²) in [7, 11) is 0. The lowest BCUT2D eigenvalue weighted by atomic mass is 10.1. The van der Waals surface area contributed by atoms with Crippen molar-refractivity contribution in [2.75, 3.05) is 13.1 Å². The lowest BCUT2D eigenvalue weighted by Gasteiger charge is -2.34. The molecule has 1 saturated heterocycles. The number of pyridine rings is 1. The van der Waals surface area contributed by atoms with E-state index in [0.717, 1.165) is 35.8 Å². The molecule has 0 atom stereocenters. The molecular weight excluding hydrogens is 358 g/mol. The van der Waals surface area contributed by atoms with Crippen LogP contribution in [0.1, 0.15) is 39.7 Å². The topological polar surface area (TPSA) is 47.4 Å². The molecule has 0 spiro atoms. The summed E-state index contributed by atoms with van der Waals surface area (Å²) in [5, 5.41) is 1.13. The lowest BCUT2D eigenvalue weighted by molar-refractivity contribution is 0.0189. The molecule has 23 heavy (non-hydrogen) atoms. The maximum Gasteiger partial charge on any atom is 0.410 e. The SMILES string of the molecule is CC(C)(C)OC(=O)N1CCC(n2cc(Br)c3cnccc32)CC1. The minimum atomic E-state index is -0.442. The fourth-order valence-electron chi connectivity index (χ4n) is 3.01. The van der Waals surface area contributed by atoms with Crippen LogP contribution in [-0.2, 0) is 4.74 Å². The average Bonchev–Trinajstić information content (AvgIpc) is 2.83. The highest BCUT2D eigenvalue weighted by molar-refractivity contribution is 9.10. The number of hydrogen-bond acceptors (Lipinski definition) is 3. The van der Waals surface area contributed by atoms with E-state index in [0.29, 0.717) is 6.04 Å². The van der Waals surface area contributed by atoms with Crippen molar-refractivity contribution in [2.24, 2.45) is 0 Å². The van der Waals surface area contributed by atoms with E-state index in [9.17, 15) is 4.79 Å². The van der Waals surface area contributed by atoms with Crippen LogP contribution in [0, 0.1) is 0 Å². The molecule has 3 rings (SSSR count). The van der Waals surface area contributed by atoms with Gasteiger partial charge in [0, 0.05) is 47.6 Å². The van der Waals surface area contributed by atoms with Crippen LogP contribution in [0.3, 0.4) is 0 Å². The van der Waals surface area contributed by atoms with Crippen LogP contribution in [0.25, 0.3) is 10.9 Å². The van der Waals surface area contributed by atoms with Crippen LogP contribution in [0.15, 0.2) is 29.1 Å². The number of rotatable bonds is 1. The van der Waals surface area contributed by atoms with Crippen molar-refractivity contribution in [3.8, 4) is 0 Å². The maximum atomic E-state index is 12.2. The molecule has 0 radical (unpaired) electrons. The number of carbonyl (C=O) groups excluding carboxylic acids is 1. The van der Waals surface area contributed by atoms with Gasteiger partial charge >= 0.3 is 6.09 Å². The summed E-state index contributed by atoms with van der Waals surface area (Å²) in [6.45, 7) is 7.14. The molecule has 124 valence electrons. The van der Waals surface area contributed by atoms with E-state index >= 15 is 0 Å². The number of carbonyl (C=O) groups is 1. The Labute approximate surface area is 144 Å². The Morgan fingerprint density at radius 3 is 2.70 bits per heavy atom. The van der Waals surface area contributed by atoms with Crippen LogP contribution in [0.4, 0.5) is 4.79 Å². The summed E-state index contributed by atoms with van der Waals surface area (Å²) in [6, 6.07) is 2.44. The van der Waals surface area contributed by atoms with E-state index in [1.165, 1.54) is 5.52 Å². The third-order valence-corrected chi connectivity index (χ3v) is 4.73. The second-order valence-electron chi connectivity index (χ2n) is 6.98. The van der Waals surface area contributed by atoms with Crippen molar-refractivity contribution in [1.29, 1.82) is 0 Å². The second kappa shape index (κ2) is 6.15. The predicted octanol–water partition coefficient (Wildman–Crippen LogP) is 4.37. The van der Waals surface area contributed by atoms with E-state index in [1.54, 1.807) is 0 Å². The van der Waals surface area contributed by atoms with E-state index in [2.05, 4.69) is 31.7 Å². The van der Waals surface area contributed by atoms with Gasteiger partial charge in [-0.1, -0.05) is 0 Å². The lowest BCUT2D eigenvalue weighted by Crippen LogP contribution is -2.42. The number of ether oxygens (including phenoxy) is 1. The molecule has 0 unspecified atom stereocenters. The van der Waals surface area contributed by atoms with Crippen molar-refractivity contribution in [2.45, 2.75) is 45.3 Å². The molecule has 2 aromatic rings. The fourth-order valence-corrected chi connectivity index (χ4v) is 3.54. The minimum Gasteiger partial charge on any atom is -0.444 e. The van der Waals surface area contributed by atoms with Crippen LogP contribution >= 0.6 is 15.9 Å². The number of fused-ring (bicyclic) bond motifs is 1. The first-order valence-corrected chi connectivity index (χ1v) is 8.72. The quantitative estimate of drug-likeness (QED) is 0.738. The zero-order valence-corrected chi connectivity index (χ0v) is 15.3. The average molecular weight is 380 g/mol. The Kier molecular flexibility index (Phi) is 4.36. The van der Waals surface area contributed by atoms with Gasteiger partial charge in [-0.15, -0.1) is 0 Å². The molecule has 1 aliphatic rings. The van der Waals surface area contributed by atoms with Gasteiger partial charge in [0.05, 0.1) is 5.52 Å². The first kappa shape index (κ1) is 16.3. The molecule has 3 heterocycles. The number of hydrogen-bond donors (Lipinski definition) is 0. The summed E-state index contributed by atoms with van der Waals surface area (Å²) in [5.41, 5.74) is 0.741. The Morgan fingerprint density at radius 2 is 2.04 bits per heavy atom. The van der Waals surface area contributed by atoms with Crippen molar-refractivity contribution in [1.82, 2.24) is 14.5 Å². The largest absolute Gasteiger partial charge is 0.444 e. The highest BCUT2D eigenvalue weighted by Crippen LogP contribution is 2.32. The monoisotopic (exact) mass is 379 g/mol. The minimum absolute atomic E-state index is 0.210. The molecule has 1 fully saturated rings. The Bertz CT molecular complexity index is 712. The Morgan fingerprint density at radius 1 is 1.35 bits per heavy atom. The zero-order chi connectivity index (χ0) is 16.6. The van der Waals surface area contributed by atoms with Gasteiger partial charge in [0.15, 0.2) is 0 Å². The van der Waals surface area contributed by atoms with Crippen LogP contribution in [-0.4, -0.2) is 39.2 Å². The third kappa shape index (κ3) is 3.52. The highest BCUT2D eigenvalue weighted by atomic mass is 79.9. The van der Waals surface area contributed by atoms with Crippen LogP contribution in [0.5, 0.6) is 0 Å². The van der Waals surface area contributed by atoms with Crippen molar-refractivity contribution in [3.05, 3.63) is 29.1 Å². The number of halogens is 1. The Balaban J connectivity index is 1.70. The second-order valence-corrected chi connectivity index (χ2v) is 7.83. The number of amides is 1. The van der Waals surface area contributed by atoms with Gasteiger partial charge in [0.2, 0.25) is 0 Å². The molecule has 1 amide bonds. The van der Waals surface area contributed by atoms with E-state index in [4.69, 9.17) is 4.74 Å². The predicted molar refractivity (Wildman–Crippen MR) is 93.5 cm³/mol. The van der Waals surface area contributed by atoms with Crippen LogP contribution < -0.4 is 0 Å². The maximum absolute atomic E-state index is 12.2. The Hall–Kier alpha value is -1.56. The van der Waals surface area contributed by atoms with E-state index in [-0.39, 0.29) is 6.09 Å². The normalized spacial score (nSPS) is 16.8. The smallest absolute Gasteiger partial charge is 0.410 e. The summed E-state index contributed by atoms with van der Waals surface area (Å²) in [4.78, 5) is 18.2. The van der Waals surface area contributed by atoms with Gasteiger partial charge in [-0.3, -0.25) is 4.98 Å². The zero-order valence-electron chi connectivity index (χ0n) is 13.8. The highest BCUT2D eigenvalue weighted by Gasteiger charge is 2.28. The van der Waals surface area contributed by atoms with Gasteiger partial charge in [0.1, 0.15) is 5.60 Å². The van der Waals surface area contributed by atoms with Crippen LogP contribution in [0.2, 0.25) is 0 Å². The molecule has 0 saturated carbocycles. The first-order chi connectivity index (χ1) is 10.8. The molecule has 0 bridgehead atoms. The summed E-state index contributed by atoms with van der Waals surface area (Å²) in [5.74, 6) is 0. The fraction of sp³-hybridized carbons (Fsp3) is 0.529. The first-order valence-electron chi connectivity index (χ1n) is 7.93. The number of aromatic nitrogens is 2. The van der Waals surface area contributed by atoms with Crippen molar-refractivity contribution < 1.29 is 9.53 Å². The van der Waals surface area contributed by atoms with Gasteiger partial charge < -0.3 is 14.2 Å². The molecule has 0 aliphatic carbocycles. The summed E-state index contributed by atoms with van der Waals surface area (Å²) in [6.07, 6.45) is 7.47. The van der Waals surface area contributed by atoms with Gasteiger partial charge in [-0.05, 0) is 55.6 Å². The molecule has 6 heteroatoms. The van der Waals surface area contributed by atoms with E-state index in [1.807, 2.05) is 44.1 Å². The molecule has 0 aromatic carbocycles. The van der Waals surface area contributed by atoms with Gasteiger partial charge in [0.25, 0.3) is 0 Å². The number of likely N-dealkylation sites (tertiary alicyclic amines) is 1. The summed E-state index contributed by atoms with van der Waals surface area (Å²) < 4.78 is 8.82. The third-order valence-electron chi connectivity index (χ3n) is 4.10. The number of piperidine rings is 1. The molecule has 1 aliphatic heterocycles. The molecule has 2 aromatic heterocycles. The van der Waals surface area contributed by atoms with E-state index < -0.39 is 5.60 Å². The van der Waals surface area contributed by atoms with Crippen molar-refractivity contribution >= 4 is 32.9 Å². The molecule has 0 N–H and O–H groups in total. The molecule has 5 nitrogen and oxygen atoms in total. The van der Waals surface area contributed by atoms with Gasteiger partial charge in [-0.25, -0.2) is 4.79 Å². The summed E-state index contributed by atoms with van der Waals surface area (Å²) >= 11 is 3.61. The van der Waals surface area contributed by atoms with Gasteiger partial charge in [-0.2, -0.15) is 0 Å². The number of nitrogens with zero attached hydrogens (tertiary/aromatic N) is 3.